The van der Waals surface area contributed by atoms with Crippen LogP contribution in [0.3, 0.4) is 0 Å². The van der Waals surface area contributed by atoms with Crippen molar-refractivity contribution in [1.29, 1.82) is 0 Å². The highest BCUT2D eigenvalue weighted by molar-refractivity contribution is 5.88. The second-order valence-corrected chi connectivity index (χ2v) is 4.56. The molecule has 0 N–H and O–H groups in total. The Hall–Kier alpha value is -1.78. The number of ether oxygens (including phenoxy) is 2. The quantitative estimate of drug-likeness (QED) is 0.693. The van der Waals surface area contributed by atoms with Gasteiger partial charge in [0.1, 0.15) is 5.78 Å². The zero-order valence-corrected chi connectivity index (χ0v) is 11.7. The molecule has 1 aromatic heterocycles. The van der Waals surface area contributed by atoms with Crippen LogP contribution in [0.2, 0.25) is 0 Å². The Balaban J connectivity index is 1.90. The predicted octanol–water partition coefficient (Wildman–Crippen LogP) is 2.40. The van der Waals surface area contributed by atoms with Gasteiger partial charge in [0.15, 0.2) is 0 Å². The van der Waals surface area contributed by atoms with Crippen molar-refractivity contribution in [1.82, 2.24) is 4.98 Å². The zero-order chi connectivity index (χ0) is 14.2. The summed E-state index contributed by atoms with van der Waals surface area (Å²) in [4.78, 5) is 16.3. The highest BCUT2D eigenvalue weighted by Gasteiger charge is 2.07. The maximum atomic E-state index is 12.0. The molecule has 0 aliphatic heterocycles. The third-order valence-corrected chi connectivity index (χ3v) is 3.08. The van der Waals surface area contributed by atoms with Gasteiger partial charge in [0.05, 0.1) is 25.3 Å². The van der Waals surface area contributed by atoms with E-state index in [1.807, 2.05) is 30.3 Å². The summed E-state index contributed by atoms with van der Waals surface area (Å²) in [7, 11) is 1.63. The first kappa shape index (κ1) is 14.6. The molecule has 0 aliphatic carbocycles. The second-order valence-electron chi connectivity index (χ2n) is 4.56. The summed E-state index contributed by atoms with van der Waals surface area (Å²) in [5, 5.41) is 1.05. The third-order valence-electron chi connectivity index (χ3n) is 3.08. The van der Waals surface area contributed by atoms with Crippen molar-refractivity contribution in [2.75, 3.05) is 26.9 Å². The van der Waals surface area contributed by atoms with Gasteiger partial charge in [-0.05, 0) is 17.7 Å². The molecule has 0 bridgehead atoms. The van der Waals surface area contributed by atoms with Gasteiger partial charge in [-0.25, -0.2) is 0 Å². The maximum absolute atomic E-state index is 12.0. The summed E-state index contributed by atoms with van der Waals surface area (Å²) in [6, 6.07) is 9.78. The van der Waals surface area contributed by atoms with Gasteiger partial charge in [0.2, 0.25) is 0 Å². The van der Waals surface area contributed by atoms with Gasteiger partial charge in [0.25, 0.3) is 0 Å². The maximum Gasteiger partial charge on any atom is 0.139 e. The Morgan fingerprint density at radius 2 is 2.00 bits per heavy atom. The Bertz CT molecular complexity index is 563. The van der Waals surface area contributed by atoms with Crippen LogP contribution < -0.4 is 0 Å². The van der Waals surface area contributed by atoms with Gasteiger partial charge in [-0.15, -0.1) is 0 Å². The molecule has 106 valence electrons. The number of Topliss-reactive ketones (excluding diaryl/α,β-unsaturated/α-hetero) is 1. The summed E-state index contributed by atoms with van der Waals surface area (Å²) >= 11 is 0. The Morgan fingerprint density at radius 3 is 2.85 bits per heavy atom. The van der Waals surface area contributed by atoms with Crippen LogP contribution >= 0.6 is 0 Å². The Labute approximate surface area is 118 Å². The van der Waals surface area contributed by atoms with Gasteiger partial charge in [-0.2, -0.15) is 0 Å². The van der Waals surface area contributed by atoms with Crippen LogP contribution in [0.5, 0.6) is 0 Å². The van der Waals surface area contributed by atoms with E-state index in [0.29, 0.717) is 32.7 Å². The minimum absolute atomic E-state index is 0.179. The van der Waals surface area contributed by atoms with E-state index in [1.165, 1.54) is 0 Å². The lowest BCUT2D eigenvalue weighted by Gasteiger charge is -2.06. The van der Waals surface area contributed by atoms with E-state index >= 15 is 0 Å². The molecular formula is C16H19NO3. The average molecular weight is 273 g/mol. The molecule has 0 saturated carbocycles. The van der Waals surface area contributed by atoms with Gasteiger partial charge < -0.3 is 9.47 Å². The van der Waals surface area contributed by atoms with Crippen LogP contribution in [0, 0.1) is 0 Å². The first-order valence-corrected chi connectivity index (χ1v) is 6.72. The number of hydrogen-bond donors (Lipinski definition) is 0. The molecule has 0 unspecified atom stereocenters. The van der Waals surface area contributed by atoms with Crippen LogP contribution in [-0.2, 0) is 20.7 Å². The number of methoxy groups -OCH3 is 1. The number of pyridine rings is 1. The topological polar surface area (TPSA) is 48.4 Å². The lowest BCUT2D eigenvalue weighted by atomic mass is 10.0. The van der Waals surface area contributed by atoms with E-state index < -0.39 is 0 Å². The van der Waals surface area contributed by atoms with Crippen LogP contribution in [-0.4, -0.2) is 37.7 Å². The fourth-order valence-electron chi connectivity index (χ4n) is 2.04. The number of ketones is 1. The molecule has 0 aliphatic rings. The lowest BCUT2D eigenvalue weighted by Crippen LogP contribution is -2.10. The molecule has 2 rings (SSSR count). The zero-order valence-electron chi connectivity index (χ0n) is 11.7. The molecule has 20 heavy (non-hydrogen) atoms. The van der Waals surface area contributed by atoms with E-state index in [1.54, 1.807) is 13.3 Å². The van der Waals surface area contributed by atoms with Crippen molar-refractivity contribution < 1.29 is 14.3 Å². The number of carbonyl (C=O) groups excluding carboxylic acids is 1. The number of para-hydroxylation sites is 1. The SMILES string of the molecule is COCCOCCC(=O)Cc1ccnc2ccccc12. The molecule has 4 heteroatoms. The Kier molecular flexibility index (Phi) is 5.65. The summed E-state index contributed by atoms with van der Waals surface area (Å²) in [5.41, 5.74) is 1.95. The molecular weight excluding hydrogens is 254 g/mol. The minimum Gasteiger partial charge on any atom is -0.382 e. The summed E-state index contributed by atoms with van der Waals surface area (Å²) in [6.45, 7) is 1.54. The number of fused-ring (bicyclic) bond motifs is 1. The molecule has 2 aromatic rings. The van der Waals surface area contributed by atoms with Gasteiger partial charge >= 0.3 is 0 Å². The van der Waals surface area contributed by atoms with Gasteiger partial charge in [0, 0.05) is 31.5 Å². The second kappa shape index (κ2) is 7.72. The van der Waals surface area contributed by atoms with Gasteiger partial charge in [-0.1, -0.05) is 18.2 Å². The normalized spacial score (nSPS) is 10.8. The van der Waals surface area contributed by atoms with E-state index in [9.17, 15) is 4.79 Å². The standard InChI is InChI=1S/C16H19NO3/c1-19-10-11-20-9-7-14(18)12-13-6-8-17-16-5-3-2-4-15(13)16/h2-6,8H,7,9-12H2,1H3. The van der Waals surface area contributed by atoms with Crippen molar-refractivity contribution in [3.63, 3.8) is 0 Å². The van der Waals surface area contributed by atoms with Crippen LogP contribution in [0.4, 0.5) is 0 Å². The van der Waals surface area contributed by atoms with E-state index in [0.717, 1.165) is 16.5 Å². The molecule has 0 amide bonds. The van der Waals surface area contributed by atoms with E-state index in [2.05, 4.69) is 4.98 Å². The average Bonchev–Trinajstić information content (AvgIpc) is 2.47. The highest BCUT2D eigenvalue weighted by Crippen LogP contribution is 2.17. The molecule has 1 heterocycles. The summed E-state index contributed by atoms with van der Waals surface area (Å²) in [5.74, 6) is 0.179. The molecule has 0 fully saturated rings. The molecule has 0 atom stereocenters. The highest BCUT2D eigenvalue weighted by atomic mass is 16.5. The van der Waals surface area contributed by atoms with E-state index in [4.69, 9.17) is 9.47 Å². The third kappa shape index (κ3) is 4.11. The number of carbonyl (C=O) groups is 1. The van der Waals surface area contributed by atoms with E-state index in [-0.39, 0.29) is 5.78 Å². The molecule has 0 radical (unpaired) electrons. The van der Waals surface area contributed by atoms with Crippen LogP contribution in [0.25, 0.3) is 10.9 Å². The lowest BCUT2D eigenvalue weighted by molar-refractivity contribution is -0.119. The minimum atomic E-state index is 0.179. The van der Waals surface area contributed by atoms with Crippen LogP contribution in [0.15, 0.2) is 36.5 Å². The van der Waals surface area contributed by atoms with Crippen molar-refractivity contribution in [3.8, 4) is 0 Å². The number of nitrogens with zero attached hydrogens (tertiary/aromatic N) is 1. The fourth-order valence-corrected chi connectivity index (χ4v) is 2.04. The first-order valence-electron chi connectivity index (χ1n) is 6.72. The summed E-state index contributed by atoms with van der Waals surface area (Å²) in [6.07, 6.45) is 2.61. The van der Waals surface area contributed by atoms with Crippen LogP contribution in [0.1, 0.15) is 12.0 Å². The van der Waals surface area contributed by atoms with Crippen molar-refractivity contribution in [2.45, 2.75) is 12.8 Å². The van der Waals surface area contributed by atoms with Crippen molar-refractivity contribution >= 4 is 16.7 Å². The number of hydrogen-bond acceptors (Lipinski definition) is 4. The molecule has 0 spiro atoms. The summed E-state index contributed by atoms with van der Waals surface area (Å²) < 4.78 is 10.2. The number of rotatable bonds is 8. The first-order chi connectivity index (χ1) is 9.81. The van der Waals surface area contributed by atoms with Crippen molar-refractivity contribution in [2.24, 2.45) is 0 Å². The molecule has 0 saturated heterocycles. The largest absolute Gasteiger partial charge is 0.382 e. The Morgan fingerprint density at radius 1 is 1.15 bits per heavy atom. The molecule has 1 aromatic carbocycles. The number of aromatic nitrogens is 1. The predicted molar refractivity (Wildman–Crippen MR) is 77.8 cm³/mol. The number of benzene rings is 1. The van der Waals surface area contributed by atoms with Gasteiger partial charge in [-0.3, -0.25) is 9.78 Å². The van der Waals surface area contributed by atoms with Crippen molar-refractivity contribution in [3.05, 3.63) is 42.1 Å². The molecule has 4 nitrogen and oxygen atoms in total. The smallest absolute Gasteiger partial charge is 0.139 e. The fraction of sp³-hybridized carbons (Fsp3) is 0.375. The monoisotopic (exact) mass is 273 g/mol.